The number of rotatable bonds is 2. The first-order valence-corrected chi connectivity index (χ1v) is 10.2. The zero-order chi connectivity index (χ0) is 17.8. The van der Waals surface area contributed by atoms with Crippen molar-refractivity contribution in [2.75, 3.05) is 21.3 Å². The standard InChI is InChI=1S/C18H17FN2O2S2/c1-12-2-6-14(7-3-12)20-16-10-25(22,23)11-17(16)21(18(20)24)15-8-4-13(19)5-9-15/h2-9,16-17H,10-11H2,1H3/t16-,17-/m1/s1. The Labute approximate surface area is 151 Å². The molecule has 2 fully saturated rings. The van der Waals surface area contributed by atoms with Crippen LogP contribution < -0.4 is 9.80 Å². The van der Waals surface area contributed by atoms with Gasteiger partial charge in [0.1, 0.15) is 5.82 Å². The molecule has 0 unspecified atom stereocenters. The Morgan fingerprint density at radius 2 is 1.36 bits per heavy atom. The zero-order valence-electron chi connectivity index (χ0n) is 13.6. The molecule has 4 rings (SSSR count). The predicted molar refractivity (Wildman–Crippen MR) is 101 cm³/mol. The van der Waals surface area contributed by atoms with Gasteiger partial charge in [-0.15, -0.1) is 0 Å². The van der Waals surface area contributed by atoms with Crippen LogP contribution in [0.3, 0.4) is 0 Å². The normalized spacial score (nSPS) is 24.6. The Morgan fingerprint density at radius 3 is 1.84 bits per heavy atom. The summed E-state index contributed by atoms with van der Waals surface area (Å²) >= 11 is 5.68. The van der Waals surface area contributed by atoms with E-state index in [0.29, 0.717) is 10.8 Å². The van der Waals surface area contributed by atoms with E-state index in [1.54, 1.807) is 12.1 Å². The molecule has 2 aromatic rings. The highest BCUT2D eigenvalue weighted by Gasteiger charge is 2.52. The first-order valence-electron chi connectivity index (χ1n) is 8.01. The van der Waals surface area contributed by atoms with E-state index in [9.17, 15) is 12.8 Å². The monoisotopic (exact) mass is 376 g/mol. The smallest absolute Gasteiger partial charge is 0.181 e. The molecule has 2 atom stereocenters. The van der Waals surface area contributed by atoms with Gasteiger partial charge >= 0.3 is 0 Å². The van der Waals surface area contributed by atoms with E-state index in [1.807, 2.05) is 41.0 Å². The summed E-state index contributed by atoms with van der Waals surface area (Å²) in [4.78, 5) is 3.77. The Balaban J connectivity index is 1.79. The van der Waals surface area contributed by atoms with Crippen molar-refractivity contribution in [2.24, 2.45) is 0 Å². The second-order valence-corrected chi connectivity index (χ2v) is 9.07. The van der Waals surface area contributed by atoms with Crippen molar-refractivity contribution in [3.63, 3.8) is 0 Å². The van der Waals surface area contributed by atoms with Gasteiger partial charge in [0.15, 0.2) is 14.9 Å². The zero-order valence-corrected chi connectivity index (χ0v) is 15.2. The molecule has 0 saturated carbocycles. The topological polar surface area (TPSA) is 40.6 Å². The molecule has 0 amide bonds. The first-order chi connectivity index (χ1) is 11.9. The summed E-state index contributed by atoms with van der Waals surface area (Å²) in [6.45, 7) is 2.00. The molecule has 4 nitrogen and oxygen atoms in total. The SMILES string of the molecule is Cc1ccc(N2C(=S)N(c3ccc(F)cc3)[C@@H]3CS(=O)(=O)C[C@H]32)cc1. The van der Waals surface area contributed by atoms with Gasteiger partial charge in [0, 0.05) is 11.4 Å². The fourth-order valence-corrected chi connectivity index (χ4v) is 6.02. The van der Waals surface area contributed by atoms with Crippen molar-refractivity contribution in [2.45, 2.75) is 19.0 Å². The third-order valence-corrected chi connectivity index (χ3v) is 6.88. The number of sulfone groups is 1. The van der Waals surface area contributed by atoms with Gasteiger partial charge in [-0.2, -0.15) is 0 Å². The second kappa shape index (κ2) is 5.78. The van der Waals surface area contributed by atoms with Crippen LogP contribution in [0, 0.1) is 12.7 Å². The van der Waals surface area contributed by atoms with Crippen LogP contribution in [-0.2, 0) is 9.84 Å². The van der Waals surface area contributed by atoms with E-state index < -0.39 is 9.84 Å². The third-order valence-electron chi connectivity index (χ3n) is 4.79. The van der Waals surface area contributed by atoms with Crippen LogP contribution in [0.4, 0.5) is 15.8 Å². The maximum absolute atomic E-state index is 13.3. The van der Waals surface area contributed by atoms with Crippen LogP contribution in [0.2, 0.25) is 0 Å². The van der Waals surface area contributed by atoms with E-state index in [4.69, 9.17) is 12.2 Å². The molecular weight excluding hydrogens is 359 g/mol. The number of fused-ring (bicyclic) bond motifs is 1. The molecule has 2 aromatic carbocycles. The third kappa shape index (κ3) is 2.81. The highest BCUT2D eigenvalue weighted by atomic mass is 32.2. The number of anilines is 2. The highest BCUT2D eigenvalue weighted by molar-refractivity contribution is 7.91. The van der Waals surface area contributed by atoms with E-state index in [-0.39, 0.29) is 29.4 Å². The first kappa shape index (κ1) is 16.5. The highest BCUT2D eigenvalue weighted by Crippen LogP contribution is 2.38. The number of nitrogens with zero attached hydrogens (tertiary/aromatic N) is 2. The molecule has 0 radical (unpaired) electrons. The maximum Gasteiger partial charge on any atom is 0.181 e. The summed E-state index contributed by atoms with van der Waals surface area (Å²) in [5.41, 5.74) is 2.72. The molecular formula is C18H17FN2O2S2. The molecule has 2 aliphatic heterocycles. The van der Waals surface area contributed by atoms with Crippen molar-refractivity contribution in [1.29, 1.82) is 0 Å². The van der Waals surface area contributed by atoms with Crippen molar-refractivity contribution >= 4 is 38.5 Å². The predicted octanol–water partition coefficient (Wildman–Crippen LogP) is 2.91. The Kier molecular flexibility index (Phi) is 3.81. The van der Waals surface area contributed by atoms with Crippen LogP contribution in [-0.4, -0.2) is 37.1 Å². The van der Waals surface area contributed by atoms with Crippen molar-refractivity contribution in [1.82, 2.24) is 0 Å². The lowest BCUT2D eigenvalue weighted by molar-refractivity contribution is 0.601. The molecule has 0 N–H and O–H groups in total. The summed E-state index contributed by atoms with van der Waals surface area (Å²) in [6.07, 6.45) is 0. The summed E-state index contributed by atoms with van der Waals surface area (Å²) in [5, 5.41) is 0.556. The van der Waals surface area contributed by atoms with Gasteiger partial charge in [0.2, 0.25) is 0 Å². The number of benzene rings is 2. The van der Waals surface area contributed by atoms with Gasteiger partial charge in [-0.3, -0.25) is 0 Å². The lowest BCUT2D eigenvalue weighted by atomic mass is 10.1. The van der Waals surface area contributed by atoms with Crippen molar-refractivity contribution in [3.8, 4) is 0 Å². The van der Waals surface area contributed by atoms with Gasteiger partial charge in [-0.1, -0.05) is 17.7 Å². The van der Waals surface area contributed by atoms with Gasteiger partial charge in [0.05, 0.1) is 23.6 Å². The summed E-state index contributed by atoms with van der Waals surface area (Å²) in [7, 11) is -3.14. The Hall–Kier alpha value is -1.99. The molecule has 2 heterocycles. The van der Waals surface area contributed by atoms with Crippen LogP contribution in [0.1, 0.15) is 5.56 Å². The van der Waals surface area contributed by atoms with E-state index in [2.05, 4.69) is 0 Å². The number of hydrogen-bond donors (Lipinski definition) is 0. The average Bonchev–Trinajstić information content (AvgIpc) is 2.99. The second-order valence-electron chi connectivity index (χ2n) is 6.55. The van der Waals surface area contributed by atoms with Crippen molar-refractivity contribution in [3.05, 3.63) is 59.9 Å². The maximum atomic E-state index is 13.3. The molecule has 25 heavy (non-hydrogen) atoms. The molecule has 0 aromatic heterocycles. The fraction of sp³-hybridized carbons (Fsp3) is 0.278. The molecule has 2 saturated heterocycles. The van der Waals surface area contributed by atoms with Gasteiger partial charge < -0.3 is 9.80 Å². The Bertz CT molecular complexity index is 857. The lowest BCUT2D eigenvalue weighted by Crippen LogP contribution is -2.37. The van der Waals surface area contributed by atoms with E-state index >= 15 is 0 Å². The molecule has 7 heteroatoms. The number of halogens is 1. The molecule has 0 aliphatic carbocycles. The van der Waals surface area contributed by atoms with Crippen molar-refractivity contribution < 1.29 is 12.8 Å². The summed E-state index contributed by atoms with van der Waals surface area (Å²) < 4.78 is 37.8. The van der Waals surface area contributed by atoms with Gasteiger partial charge in [-0.05, 0) is 55.5 Å². The lowest BCUT2D eigenvalue weighted by Gasteiger charge is -2.25. The number of hydrogen-bond acceptors (Lipinski definition) is 3. The fourth-order valence-electron chi connectivity index (χ4n) is 3.61. The van der Waals surface area contributed by atoms with E-state index in [1.165, 1.54) is 12.1 Å². The average molecular weight is 376 g/mol. The minimum Gasteiger partial charge on any atom is -0.312 e. The van der Waals surface area contributed by atoms with Crippen LogP contribution in [0.15, 0.2) is 48.5 Å². The van der Waals surface area contributed by atoms with Crippen LogP contribution in [0.25, 0.3) is 0 Å². The minimum absolute atomic E-state index is 0.0531. The quantitative estimate of drug-likeness (QED) is 0.754. The van der Waals surface area contributed by atoms with Gasteiger partial charge in [0.25, 0.3) is 0 Å². The van der Waals surface area contributed by atoms with E-state index in [0.717, 1.165) is 11.3 Å². The molecule has 2 aliphatic rings. The summed E-state index contributed by atoms with van der Waals surface area (Å²) in [6, 6.07) is 13.4. The molecule has 130 valence electrons. The number of aryl methyl sites for hydroxylation is 1. The Morgan fingerprint density at radius 1 is 0.920 bits per heavy atom. The number of thiocarbonyl (C=S) groups is 1. The molecule has 0 bridgehead atoms. The largest absolute Gasteiger partial charge is 0.312 e. The molecule has 0 spiro atoms. The van der Waals surface area contributed by atoms with Crippen LogP contribution >= 0.6 is 12.2 Å². The minimum atomic E-state index is -3.14. The van der Waals surface area contributed by atoms with Crippen LogP contribution in [0.5, 0.6) is 0 Å². The summed E-state index contributed by atoms with van der Waals surface area (Å²) in [5.74, 6) is -0.208. The van der Waals surface area contributed by atoms with Gasteiger partial charge in [-0.25, -0.2) is 12.8 Å².